The van der Waals surface area contributed by atoms with E-state index in [0.717, 1.165) is 34.4 Å². The first-order chi connectivity index (χ1) is 19.7. The number of hydrogen-bond donors (Lipinski definition) is 2. The van der Waals surface area contributed by atoms with Crippen molar-refractivity contribution in [1.82, 2.24) is 34.5 Å². The molecule has 1 unspecified atom stereocenters. The molecule has 0 bridgehead atoms. The Hall–Kier alpha value is -4.49. The highest BCUT2D eigenvalue weighted by atomic mass is 19.3. The van der Waals surface area contributed by atoms with Crippen LogP contribution in [0.1, 0.15) is 35.5 Å². The van der Waals surface area contributed by atoms with E-state index in [-0.39, 0.29) is 5.88 Å². The maximum atomic E-state index is 12.8. The van der Waals surface area contributed by atoms with Crippen molar-refractivity contribution in [2.45, 2.75) is 39.9 Å². The topological polar surface area (TPSA) is 125 Å². The summed E-state index contributed by atoms with van der Waals surface area (Å²) in [6.45, 7) is 3.58. The van der Waals surface area contributed by atoms with Crippen LogP contribution in [0.5, 0.6) is 5.88 Å². The molecule has 1 fully saturated rings. The van der Waals surface area contributed by atoms with Gasteiger partial charge >= 0.3 is 6.61 Å². The number of imidazole rings is 1. The number of hydrogen-bond acceptors (Lipinski definition) is 9. The molecule has 11 nitrogen and oxygen atoms in total. The minimum atomic E-state index is -3.01. The van der Waals surface area contributed by atoms with Gasteiger partial charge in [-0.1, -0.05) is 0 Å². The summed E-state index contributed by atoms with van der Waals surface area (Å²) < 4.78 is 38.8. The molecule has 4 aromatic heterocycles. The first-order valence-electron chi connectivity index (χ1n) is 13.1. The van der Waals surface area contributed by atoms with Gasteiger partial charge in [-0.2, -0.15) is 13.9 Å². The molecule has 6 rings (SSSR count). The largest absolute Gasteiger partial charge is 0.415 e. The van der Waals surface area contributed by atoms with Crippen LogP contribution in [0.25, 0.3) is 22.7 Å². The summed E-state index contributed by atoms with van der Waals surface area (Å²) in [5.41, 5.74) is 5.31. The van der Waals surface area contributed by atoms with Crippen molar-refractivity contribution in [3.8, 4) is 17.5 Å². The molecule has 1 saturated heterocycles. The van der Waals surface area contributed by atoms with E-state index >= 15 is 0 Å². The second-order valence-corrected chi connectivity index (χ2v) is 10.1. The first-order valence-corrected chi connectivity index (χ1v) is 13.1. The summed E-state index contributed by atoms with van der Waals surface area (Å²) in [5.74, 6) is 1.60. The molecule has 0 amide bonds. The number of aromatic nitrogens is 7. The van der Waals surface area contributed by atoms with Gasteiger partial charge in [-0.25, -0.2) is 14.6 Å². The van der Waals surface area contributed by atoms with E-state index < -0.39 is 12.7 Å². The van der Waals surface area contributed by atoms with E-state index in [9.17, 15) is 13.9 Å². The Bertz CT molecular complexity index is 1700. The van der Waals surface area contributed by atoms with Crippen molar-refractivity contribution in [2.24, 2.45) is 5.92 Å². The number of benzene rings is 1. The van der Waals surface area contributed by atoms with Crippen LogP contribution in [-0.2, 0) is 11.2 Å². The second kappa shape index (κ2) is 10.8. The number of anilines is 2. The zero-order valence-corrected chi connectivity index (χ0v) is 22.6. The third-order valence-electron chi connectivity index (χ3n) is 6.91. The predicted octanol–water partition coefficient (Wildman–Crippen LogP) is 4.60. The number of halogens is 2. The van der Waals surface area contributed by atoms with Crippen molar-refractivity contribution in [3.63, 3.8) is 0 Å². The summed E-state index contributed by atoms with van der Waals surface area (Å²) in [7, 11) is 0. The Morgan fingerprint density at radius 1 is 1.12 bits per heavy atom. The third-order valence-corrected chi connectivity index (χ3v) is 6.91. The lowest BCUT2D eigenvalue weighted by Crippen LogP contribution is -2.29. The standard InChI is InChI=1S/C28H28F2N8O3/c1-15-4-6-24(35-34-15)32-21-11-22-23(10-19(21)9-18-12-40-13-18)37(14-31-22)25-7-5-20(17(3)39)27(33-25)38-16(2)8-26(36-38)41-28(29)30/h4-8,10-11,14,17-18,28,39H,9,12-13H2,1-3H3,(H,32,35). The smallest absolute Gasteiger partial charge is 0.388 e. The third kappa shape index (κ3) is 5.45. The van der Waals surface area contributed by atoms with E-state index in [2.05, 4.69) is 36.4 Å². The van der Waals surface area contributed by atoms with Crippen LogP contribution in [-0.4, -0.2) is 59.4 Å². The van der Waals surface area contributed by atoms with Crippen LogP contribution in [0, 0.1) is 19.8 Å². The molecule has 0 spiro atoms. The number of nitrogens with one attached hydrogen (secondary N) is 1. The molecule has 0 radical (unpaired) electrons. The molecule has 0 saturated carbocycles. The molecule has 5 heterocycles. The van der Waals surface area contributed by atoms with Gasteiger partial charge in [0.05, 0.1) is 36.0 Å². The van der Waals surface area contributed by atoms with Crippen molar-refractivity contribution in [2.75, 3.05) is 18.5 Å². The van der Waals surface area contributed by atoms with Gasteiger partial charge in [0.1, 0.15) is 12.1 Å². The maximum absolute atomic E-state index is 12.8. The number of rotatable bonds is 9. The summed E-state index contributed by atoms with van der Waals surface area (Å²) in [4.78, 5) is 9.42. The lowest BCUT2D eigenvalue weighted by Gasteiger charge is -2.27. The number of ether oxygens (including phenoxy) is 2. The Kier molecular flexibility index (Phi) is 7.05. The first kappa shape index (κ1) is 26.7. The maximum Gasteiger partial charge on any atom is 0.388 e. The van der Waals surface area contributed by atoms with Gasteiger partial charge in [0.15, 0.2) is 11.6 Å². The molecular formula is C28H28F2N8O3. The number of alkyl halides is 2. The Morgan fingerprint density at radius 2 is 1.95 bits per heavy atom. The molecule has 0 aliphatic carbocycles. The van der Waals surface area contributed by atoms with Crippen molar-refractivity contribution < 1.29 is 23.4 Å². The van der Waals surface area contributed by atoms with Crippen LogP contribution in [0.15, 0.2) is 48.8 Å². The molecule has 1 aliphatic rings. The minimum absolute atomic E-state index is 0.239. The zero-order chi connectivity index (χ0) is 28.7. The fraction of sp³-hybridized carbons (Fsp3) is 0.321. The van der Waals surface area contributed by atoms with Gasteiger partial charge in [0.25, 0.3) is 0 Å². The van der Waals surface area contributed by atoms with Crippen LogP contribution in [0.3, 0.4) is 0 Å². The number of nitrogens with zero attached hydrogens (tertiary/aromatic N) is 7. The van der Waals surface area contributed by atoms with Crippen molar-refractivity contribution in [1.29, 1.82) is 0 Å². The Balaban J connectivity index is 1.43. The van der Waals surface area contributed by atoms with E-state index in [0.29, 0.717) is 47.8 Å². The summed E-state index contributed by atoms with van der Waals surface area (Å²) in [6.07, 6.45) is 1.58. The van der Waals surface area contributed by atoms with Gasteiger partial charge in [-0.15, -0.1) is 10.2 Å². The lowest BCUT2D eigenvalue weighted by atomic mass is 9.96. The molecule has 1 atom stereocenters. The second-order valence-electron chi connectivity index (χ2n) is 10.1. The van der Waals surface area contributed by atoms with Crippen LogP contribution < -0.4 is 10.1 Å². The zero-order valence-electron chi connectivity index (χ0n) is 22.6. The average molecular weight is 563 g/mol. The van der Waals surface area contributed by atoms with Gasteiger partial charge in [-0.3, -0.25) is 4.57 Å². The van der Waals surface area contributed by atoms with Gasteiger partial charge < -0.3 is 19.9 Å². The molecular weight excluding hydrogens is 534 g/mol. The van der Waals surface area contributed by atoms with E-state index in [4.69, 9.17) is 9.72 Å². The van der Waals surface area contributed by atoms with E-state index in [1.807, 2.05) is 29.7 Å². The van der Waals surface area contributed by atoms with Gasteiger partial charge in [0.2, 0.25) is 5.88 Å². The van der Waals surface area contributed by atoms with Crippen molar-refractivity contribution >= 4 is 22.5 Å². The summed E-state index contributed by atoms with van der Waals surface area (Å²) >= 11 is 0. The molecule has 13 heteroatoms. The highest BCUT2D eigenvalue weighted by Crippen LogP contribution is 2.31. The van der Waals surface area contributed by atoms with Gasteiger partial charge in [-0.05, 0) is 69.2 Å². The molecule has 1 aliphatic heterocycles. The fourth-order valence-corrected chi connectivity index (χ4v) is 4.77. The SMILES string of the molecule is Cc1ccc(Nc2cc3ncn(-c4ccc(C(C)O)c(-n5nc(OC(F)F)cc5C)n4)c3cc2CC2COC2)nn1. The molecule has 5 aromatic rings. The van der Waals surface area contributed by atoms with Gasteiger partial charge in [0, 0.05) is 28.9 Å². The normalized spacial score (nSPS) is 14.4. The summed E-state index contributed by atoms with van der Waals surface area (Å²) in [5, 5.41) is 26.4. The van der Waals surface area contributed by atoms with Crippen molar-refractivity contribution in [3.05, 3.63) is 71.3 Å². The molecule has 2 N–H and O–H groups in total. The van der Waals surface area contributed by atoms with Crippen LogP contribution >= 0.6 is 0 Å². The Morgan fingerprint density at radius 3 is 2.63 bits per heavy atom. The lowest BCUT2D eigenvalue weighted by molar-refractivity contribution is -0.0530. The highest BCUT2D eigenvalue weighted by molar-refractivity contribution is 5.84. The fourth-order valence-electron chi connectivity index (χ4n) is 4.77. The minimum Gasteiger partial charge on any atom is -0.415 e. The number of aliphatic hydroxyl groups is 1. The number of aryl methyl sites for hydroxylation is 2. The number of pyridine rings is 1. The molecule has 1 aromatic carbocycles. The number of fused-ring (bicyclic) bond motifs is 1. The highest BCUT2D eigenvalue weighted by Gasteiger charge is 2.23. The Labute approximate surface area is 233 Å². The molecule has 212 valence electrons. The monoisotopic (exact) mass is 562 g/mol. The predicted molar refractivity (Wildman–Crippen MR) is 146 cm³/mol. The van der Waals surface area contributed by atoms with E-state index in [1.165, 1.54) is 10.7 Å². The summed E-state index contributed by atoms with van der Waals surface area (Å²) in [6, 6.07) is 12.7. The molecule has 41 heavy (non-hydrogen) atoms. The number of aliphatic hydroxyl groups excluding tert-OH is 1. The van der Waals surface area contributed by atoms with Crippen LogP contribution in [0.4, 0.5) is 20.3 Å². The van der Waals surface area contributed by atoms with E-state index in [1.54, 1.807) is 32.3 Å². The quantitative estimate of drug-likeness (QED) is 0.265. The van der Waals surface area contributed by atoms with Crippen LogP contribution in [0.2, 0.25) is 0 Å². The average Bonchev–Trinajstić information content (AvgIpc) is 3.49.